The smallest absolute Gasteiger partial charge is 0.179 e. The average Bonchev–Trinajstić information content (AvgIpc) is 2.54. The van der Waals surface area contributed by atoms with Crippen molar-refractivity contribution in [3.05, 3.63) is 65.7 Å². The molecule has 0 fully saturated rings. The van der Waals surface area contributed by atoms with E-state index in [-0.39, 0.29) is 11.8 Å². The van der Waals surface area contributed by atoms with Gasteiger partial charge in [-0.1, -0.05) is 48.5 Å². The summed E-state index contributed by atoms with van der Waals surface area (Å²) < 4.78 is 5.36. The van der Waals surface area contributed by atoms with Crippen LogP contribution in [0, 0.1) is 0 Å². The van der Waals surface area contributed by atoms with E-state index in [9.17, 15) is 4.79 Å². The number of carbonyl (C=O) groups is 1. The molecule has 21 heavy (non-hydrogen) atoms. The Kier molecular flexibility index (Phi) is 5.12. The zero-order valence-corrected chi connectivity index (χ0v) is 12.7. The van der Waals surface area contributed by atoms with Crippen LogP contribution in [0.3, 0.4) is 0 Å². The zero-order chi connectivity index (χ0) is 15.2. The van der Waals surface area contributed by atoms with Crippen LogP contribution in [0.2, 0.25) is 0 Å². The average molecular weight is 283 g/mol. The lowest BCUT2D eigenvalue weighted by Gasteiger charge is -2.24. The summed E-state index contributed by atoms with van der Waals surface area (Å²) in [5, 5.41) is 0. The van der Waals surface area contributed by atoms with Gasteiger partial charge in [0, 0.05) is 17.7 Å². The fourth-order valence-corrected chi connectivity index (χ4v) is 2.28. The predicted octanol–water partition coefficient (Wildman–Crippen LogP) is 3.40. The normalized spacial score (nSPS) is 12.2. The number of rotatable bonds is 6. The van der Waals surface area contributed by atoms with Gasteiger partial charge in [0.1, 0.15) is 5.75 Å². The largest absolute Gasteiger partial charge is 0.496 e. The van der Waals surface area contributed by atoms with Gasteiger partial charge in [0.25, 0.3) is 0 Å². The molecule has 0 spiro atoms. The van der Waals surface area contributed by atoms with Crippen LogP contribution >= 0.6 is 0 Å². The first-order valence-electron chi connectivity index (χ1n) is 7.05. The number of carbonyl (C=O) groups excluding carboxylic acids is 1. The van der Waals surface area contributed by atoms with Gasteiger partial charge in [-0.05, 0) is 20.0 Å². The number of likely N-dealkylation sites (N-methyl/N-ethyl adjacent to an activating group) is 1. The molecule has 2 aromatic rings. The number of ether oxygens (including phenoxy) is 1. The highest BCUT2D eigenvalue weighted by Crippen LogP contribution is 2.20. The van der Waals surface area contributed by atoms with Gasteiger partial charge >= 0.3 is 0 Å². The second kappa shape index (κ2) is 7.04. The topological polar surface area (TPSA) is 29.5 Å². The van der Waals surface area contributed by atoms with Crippen LogP contribution < -0.4 is 4.74 Å². The van der Waals surface area contributed by atoms with Crippen LogP contribution in [0.5, 0.6) is 5.75 Å². The second-order valence-corrected chi connectivity index (χ2v) is 5.13. The van der Waals surface area contributed by atoms with E-state index in [1.807, 2.05) is 73.5 Å². The third-order valence-corrected chi connectivity index (χ3v) is 3.71. The number of nitrogens with zero attached hydrogens (tertiary/aromatic N) is 1. The Morgan fingerprint density at radius 2 is 1.71 bits per heavy atom. The third kappa shape index (κ3) is 3.70. The summed E-state index contributed by atoms with van der Waals surface area (Å²) in [6.07, 6.45) is 0. The van der Waals surface area contributed by atoms with Gasteiger partial charge < -0.3 is 4.74 Å². The Balaban J connectivity index is 2.09. The van der Waals surface area contributed by atoms with Crippen molar-refractivity contribution in [1.29, 1.82) is 0 Å². The molecule has 0 aliphatic carbocycles. The Morgan fingerprint density at radius 3 is 2.38 bits per heavy atom. The molecular formula is C18H21NO2. The number of hydrogen-bond acceptors (Lipinski definition) is 3. The molecule has 0 aliphatic heterocycles. The van der Waals surface area contributed by atoms with Gasteiger partial charge in [-0.3, -0.25) is 9.69 Å². The molecule has 3 nitrogen and oxygen atoms in total. The first-order valence-corrected chi connectivity index (χ1v) is 7.05. The predicted molar refractivity (Wildman–Crippen MR) is 84.7 cm³/mol. The molecular weight excluding hydrogens is 262 g/mol. The lowest BCUT2D eigenvalue weighted by atomic mass is 10.0. The standard InChI is InChI=1S/C18H21NO2/c1-14(18(20)15-9-5-4-6-10-15)19(2)13-16-11-7-8-12-17(16)21-3/h4-12,14H,13H2,1-3H3. The maximum absolute atomic E-state index is 12.5. The van der Waals surface area contributed by atoms with Crippen molar-refractivity contribution < 1.29 is 9.53 Å². The molecule has 1 unspecified atom stereocenters. The fraction of sp³-hybridized carbons (Fsp3) is 0.278. The van der Waals surface area contributed by atoms with Gasteiger partial charge in [-0.2, -0.15) is 0 Å². The van der Waals surface area contributed by atoms with Crippen LogP contribution in [-0.4, -0.2) is 30.9 Å². The fourth-order valence-electron chi connectivity index (χ4n) is 2.28. The first-order chi connectivity index (χ1) is 10.1. The van der Waals surface area contributed by atoms with Gasteiger partial charge in [0.2, 0.25) is 0 Å². The summed E-state index contributed by atoms with van der Waals surface area (Å²) in [4.78, 5) is 14.5. The molecule has 2 rings (SSSR count). The summed E-state index contributed by atoms with van der Waals surface area (Å²) >= 11 is 0. The quantitative estimate of drug-likeness (QED) is 0.761. The molecule has 2 aromatic carbocycles. The van der Waals surface area contributed by atoms with Crippen molar-refractivity contribution >= 4 is 5.78 Å². The highest BCUT2D eigenvalue weighted by molar-refractivity contribution is 5.99. The summed E-state index contributed by atoms with van der Waals surface area (Å²) in [5.74, 6) is 0.983. The van der Waals surface area contributed by atoms with Crippen LogP contribution in [0.4, 0.5) is 0 Å². The van der Waals surface area contributed by atoms with E-state index in [0.29, 0.717) is 6.54 Å². The van der Waals surface area contributed by atoms with E-state index in [1.165, 1.54) is 0 Å². The third-order valence-electron chi connectivity index (χ3n) is 3.71. The summed E-state index contributed by atoms with van der Waals surface area (Å²) in [7, 11) is 3.62. The highest BCUT2D eigenvalue weighted by Gasteiger charge is 2.20. The van der Waals surface area contributed by atoms with E-state index < -0.39 is 0 Å². The molecule has 0 bridgehead atoms. The number of para-hydroxylation sites is 1. The van der Waals surface area contributed by atoms with Crippen molar-refractivity contribution in [2.24, 2.45) is 0 Å². The number of ketones is 1. The van der Waals surface area contributed by atoms with Crippen molar-refractivity contribution in [2.45, 2.75) is 19.5 Å². The molecule has 0 saturated carbocycles. The SMILES string of the molecule is COc1ccccc1CN(C)C(C)C(=O)c1ccccc1. The molecule has 3 heteroatoms. The number of hydrogen-bond donors (Lipinski definition) is 0. The molecule has 0 aliphatic rings. The lowest BCUT2D eigenvalue weighted by molar-refractivity contribution is 0.0861. The first kappa shape index (κ1) is 15.3. The molecule has 110 valence electrons. The minimum atomic E-state index is -0.183. The van der Waals surface area contributed by atoms with E-state index in [1.54, 1.807) is 7.11 Å². The van der Waals surface area contributed by atoms with Gasteiger partial charge in [-0.15, -0.1) is 0 Å². The van der Waals surface area contributed by atoms with Gasteiger partial charge in [0.15, 0.2) is 5.78 Å². The number of methoxy groups -OCH3 is 1. The Labute approximate surface area is 126 Å². The van der Waals surface area contributed by atoms with E-state index in [0.717, 1.165) is 16.9 Å². The Bertz CT molecular complexity index is 595. The van der Waals surface area contributed by atoms with Crippen molar-refractivity contribution in [3.8, 4) is 5.75 Å². The van der Waals surface area contributed by atoms with Crippen molar-refractivity contribution in [3.63, 3.8) is 0 Å². The van der Waals surface area contributed by atoms with E-state index >= 15 is 0 Å². The monoisotopic (exact) mass is 283 g/mol. The van der Waals surface area contributed by atoms with E-state index in [2.05, 4.69) is 0 Å². The second-order valence-electron chi connectivity index (χ2n) is 5.13. The van der Waals surface area contributed by atoms with Crippen molar-refractivity contribution in [2.75, 3.05) is 14.2 Å². The molecule has 0 heterocycles. The minimum Gasteiger partial charge on any atom is -0.496 e. The minimum absolute atomic E-state index is 0.132. The van der Waals surface area contributed by atoms with Crippen LogP contribution in [-0.2, 0) is 6.54 Å². The van der Waals surface area contributed by atoms with Crippen molar-refractivity contribution in [1.82, 2.24) is 4.90 Å². The summed E-state index contributed by atoms with van der Waals surface area (Å²) in [6.45, 7) is 2.61. The van der Waals surface area contributed by atoms with E-state index in [4.69, 9.17) is 4.74 Å². The molecule has 1 atom stereocenters. The molecule has 0 radical (unpaired) electrons. The Hall–Kier alpha value is -2.13. The zero-order valence-electron chi connectivity index (χ0n) is 12.7. The maximum atomic E-state index is 12.5. The van der Waals surface area contributed by atoms with Crippen LogP contribution in [0.15, 0.2) is 54.6 Å². The van der Waals surface area contributed by atoms with Gasteiger partial charge in [-0.25, -0.2) is 0 Å². The molecule has 0 N–H and O–H groups in total. The molecule has 0 amide bonds. The van der Waals surface area contributed by atoms with Crippen LogP contribution in [0.1, 0.15) is 22.8 Å². The number of Topliss-reactive ketones (excluding diaryl/α,β-unsaturated/α-hetero) is 1. The summed E-state index contributed by atoms with van der Waals surface area (Å²) in [6, 6.07) is 17.1. The highest BCUT2D eigenvalue weighted by atomic mass is 16.5. The lowest BCUT2D eigenvalue weighted by Crippen LogP contribution is -2.35. The van der Waals surface area contributed by atoms with Crippen LogP contribution in [0.25, 0.3) is 0 Å². The molecule has 0 saturated heterocycles. The number of benzene rings is 2. The van der Waals surface area contributed by atoms with Gasteiger partial charge in [0.05, 0.1) is 13.2 Å². The Morgan fingerprint density at radius 1 is 1.10 bits per heavy atom. The molecule has 0 aromatic heterocycles. The maximum Gasteiger partial charge on any atom is 0.179 e. The summed E-state index contributed by atoms with van der Waals surface area (Å²) in [5.41, 5.74) is 1.83.